The molecule has 0 aromatic rings. The summed E-state index contributed by atoms with van der Waals surface area (Å²) < 4.78 is 10.5. The Morgan fingerprint density at radius 2 is 2.14 bits per heavy atom. The summed E-state index contributed by atoms with van der Waals surface area (Å²) in [6.07, 6.45) is 0. The van der Waals surface area contributed by atoms with Gasteiger partial charge in [0.25, 0.3) is 0 Å². The summed E-state index contributed by atoms with van der Waals surface area (Å²) in [6, 6.07) is -0.247. The smallest absolute Gasteiger partial charge is 0.326 e. The van der Waals surface area contributed by atoms with Crippen molar-refractivity contribution in [2.24, 2.45) is 0 Å². The number of likely N-dealkylation sites (N-methyl/N-ethyl adjacent to an activating group) is 1. The van der Waals surface area contributed by atoms with E-state index in [4.69, 9.17) is 9.47 Å². The Morgan fingerprint density at radius 3 is 2.64 bits per heavy atom. The molecule has 0 radical (unpaired) electrons. The van der Waals surface area contributed by atoms with Crippen LogP contribution in [0.2, 0.25) is 0 Å². The first kappa shape index (κ1) is 11.5. The largest absolute Gasteiger partial charge is 0.459 e. The number of ether oxygens (including phenoxy) is 2. The second-order valence-corrected chi connectivity index (χ2v) is 4.60. The second kappa shape index (κ2) is 4.28. The van der Waals surface area contributed by atoms with Crippen molar-refractivity contribution in [3.8, 4) is 0 Å². The molecule has 1 aliphatic rings. The Hall–Kier alpha value is -0.610. The lowest BCUT2D eigenvalue weighted by molar-refractivity contribution is -0.166. The van der Waals surface area contributed by atoms with Gasteiger partial charge in [0.2, 0.25) is 0 Å². The summed E-state index contributed by atoms with van der Waals surface area (Å²) in [5.74, 6) is -0.195. The topological polar surface area (TPSA) is 38.8 Å². The van der Waals surface area contributed by atoms with Gasteiger partial charge >= 0.3 is 5.97 Å². The summed E-state index contributed by atoms with van der Waals surface area (Å²) in [5.41, 5.74) is -0.421. The van der Waals surface area contributed by atoms with E-state index in [0.717, 1.165) is 6.54 Å². The van der Waals surface area contributed by atoms with Crippen molar-refractivity contribution in [1.82, 2.24) is 4.90 Å². The SMILES string of the molecule is CN1CCOCC1C(=O)OC(C)(C)C. The molecule has 0 spiro atoms. The third kappa shape index (κ3) is 3.27. The van der Waals surface area contributed by atoms with E-state index >= 15 is 0 Å². The minimum atomic E-state index is -0.421. The van der Waals surface area contributed by atoms with Gasteiger partial charge in [0, 0.05) is 6.54 Å². The fraction of sp³-hybridized carbons (Fsp3) is 0.900. The van der Waals surface area contributed by atoms with Crippen LogP contribution in [0.5, 0.6) is 0 Å². The Morgan fingerprint density at radius 1 is 1.50 bits per heavy atom. The van der Waals surface area contributed by atoms with Crippen molar-refractivity contribution >= 4 is 5.97 Å². The molecule has 0 amide bonds. The average molecular weight is 201 g/mol. The van der Waals surface area contributed by atoms with Crippen LogP contribution < -0.4 is 0 Å². The Balaban J connectivity index is 2.50. The molecule has 0 aliphatic carbocycles. The van der Waals surface area contributed by atoms with Crippen LogP contribution >= 0.6 is 0 Å². The molecule has 1 rings (SSSR count). The molecule has 1 aliphatic heterocycles. The van der Waals surface area contributed by atoms with Gasteiger partial charge in [0.15, 0.2) is 0 Å². The quantitative estimate of drug-likeness (QED) is 0.584. The van der Waals surface area contributed by atoms with Gasteiger partial charge in [-0.3, -0.25) is 9.69 Å². The van der Waals surface area contributed by atoms with Crippen molar-refractivity contribution < 1.29 is 14.3 Å². The first-order valence-corrected chi connectivity index (χ1v) is 4.91. The van der Waals surface area contributed by atoms with Gasteiger partial charge in [-0.2, -0.15) is 0 Å². The number of carbonyl (C=O) groups excluding carboxylic acids is 1. The molecular formula is C10H19NO3. The van der Waals surface area contributed by atoms with Crippen molar-refractivity contribution in [1.29, 1.82) is 0 Å². The molecule has 0 bridgehead atoms. The van der Waals surface area contributed by atoms with Crippen LogP contribution in [-0.4, -0.2) is 49.3 Å². The molecule has 82 valence electrons. The third-order valence-corrected chi connectivity index (χ3v) is 2.07. The molecule has 0 saturated carbocycles. The van der Waals surface area contributed by atoms with Crippen LogP contribution in [0.25, 0.3) is 0 Å². The van der Waals surface area contributed by atoms with Crippen molar-refractivity contribution in [2.75, 3.05) is 26.8 Å². The first-order chi connectivity index (χ1) is 6.40. The lowest BCUT2D eigenvalue weighted by atomic mass is 10.2. The molecule has 4 nitrogen and oxygen atoms in total. The highest BCUT2D eigenvalue weighted by Crippen LogP contribution is 2.12. The maximum absolute atomic E-state index is 11.7. The molecule has 1 fully saturated rings. The molecule has 4 heteroatoms. The summed E-state index contributed by atoms with van der Waals surface area (Å²) in [5, 5.41) is 0. The number of hydrogen-bond acceptors (Lipinski definition) is 4. The highest BCUT2D eigenvalue weighted by Gasteiger charge is 2.30. The lowest BCUT2D eigenvalue weighted by Crippen LogP contribution is -2.49. The third-order valence-electron chi connectivity index (χ3n) is 2.07. The molecular weight excluding hydrogens is 182 g/mol. The minimum Gasteiger partial charge on any atom is -0.459 e. The van der Waals surface area contributed by atoms with Gasteiger partial charge < -0.3 is 9.47 Å². The molecule has 1 unspecified atom stereocenters. The average Bonchev–Trinajstić information content (AvgIpc) is 2.01. The second-order valence-electron chi connectivity index (χ2n) is 4.60. The van der Waals surface area contributed by atoms with Gasteiger partial charge in [-0.15, -0.1) is 0 Å². The maximum Gasteiger partial charge on any atom is 0.326 e. The monoisotopic (exact) mass is 201 g/mol. The number of esters is 1. The van der Waals surface area contributed by atoms with Crippen LogP contribution in [0.3, 0.4) is 0 Å². The Bertz CT molecular complexity index is 210. The Labute approximate surface area is 85.2 Å². The number of carbonyl (C=O) groups is 1. The summed E-state index contributed by atoms with van der Waals surface area (Å²) in [6.45, 7) is 7.52. The predicted octanol–water partition coefficient (Wildman–Crippen LogP) is 0.659. The van der Waals surface area contributed by atoms with Crippen LogP contribution in [0.1, 0.15) is 20.8 Å². The number of hydrogen-bond donors (Lipinski definition) is 0. The molecule has 1 saturated heterocycles. The first-order valence-electron chi connectivity index (χ1n) is 4.91. The molecule has 14 heavy (non-hydrogen) atoms. The van der Waals surface area contributed by atoms with Gasteiger partial charge in [-0.05, 0) is 27.8 Å². The van der Waals surface area contributed by atoms with E-state index in [1.807, 2.05) is 32.7 Å². The van der Waals surface area contributed by atoms with E-state index in [-0.39, 0.29) is 12.0 Å². The van der Waals surface area contributed by atoms with Crippen LogP contribution in [0.4, 0.5) is 0 Å². The normalized spacial score (nSPS) is 24.7. The molecule has 1 heterocycles. The molecule has 0 N–H and O–H groups in total. The fourth-order valence-corrected chi connectivity index (χ4v) is 1.30. The van der Waals surface area contributed by atoms with E-state index in [1.54, 1.807) is 0 Å². The van der Waals surface area contributed by atoms with Crippen molar-refractivity contribution in [2.45, 2.75) is 32.4 Å². The minimum absolute atomic E-state index is 0.195. The van der Waals surface area contributed by atoms with Crippen molar-refractivity contribution in [3.05, 3.63) is 0 Å². The summed E-state index contributed by atoms with van der Waals surface area (Å²) in [7, 11) is 1.91. The zero-order valence-corrected chi connectivity index (χ0v) is 9.37. The standard InChI is InChI=1S/C10H19NO3/c1-10(2,3)14-9(12)8-7-13-6-5-11(8)4/h8H,5-7H2,1-4H3. The Kier molecular flexibility index (Phi) is 3.50. The fourth-order valence-electron chi connectivity index (χ4n) is 1.30. The van der Waals surface area contributed by atoms with E-state index in [1.165, 1.54) is 0 Å². The summed E-state index contributed by atoms with van der Waals surface area (Å²) in [4.78, 5) is 13.7. The molecule has 0 aromatic carbocycles. The lowest BCUT2D eigenvalue weighted by Gasteiger charge is -2.32. The zero-order chi connectivity index (χ0) is 10.8. The van der Waals surface area contributed by atoms with Gasteiger partial charge in [0.1, 0.15) is 11.6 Å². The molecule has 1 atom stereocenters. The van der Waals surface area contributed by atoms with Gasteiger partial charge in [-0.25, -0.2) is 0 Å². The number of rotatable bonds is 1. The van der Waals surface area contributed by atoms with Crippen LogP contribution in [-0.2, 0) is 14.3 Å². The predicted molar refractivity (Wildman–Crippen MR) is 53.1 cm³/mol. The zero-order valence-electron chi connectivity index (χ0n) is 9.37. The maximum atomic E-state index is 11.7. The number of morpholine rings is 1. The van der Waals surface area contributed by atoms with Crippen LogP contribution in [0, 0.1) is 0 Å². The van der Waals surface area contributed by atoms with Crippen LogP contribution in [0.15, 0.2) is 0 Å². The van der Waals surface area contributed by atoms with Crippen molar-refractivity contribution in [3.63, 3.8) is 0 Å². The molecule has 0 aromatic heterocycles. The highest BCUT2D eigenvalue weighted by molar-refractivity contribution is 5.76. The highest BCUT2D eigenvalue weighted by atomic mass is 16.6. The van der Waals surface area contributed by atoms with Gasteiger partial charge in [0.05, 0.1) is 13.2 Å². The van der Waals surface area contributed by atoms with E-state index < -0.39 is 5.60 Å². The van der Waals surface area contributed by atoms with Gasteiger partial charge in [-0.1, -0.05) is 0 Å². The summed E-state index contributed by atoms with van der Waals surface area (Å²) >= 11 is 0. The van der Waals surface area contributed by atoms with E-state index in [2.05, 4.69) is 0 Å². The van der Waals surface area contributed by atoms with E-state index in [9.17, 15) is 4.79 Å². The van der Waals surface area contributed by atoms with E-state index in [0.29, 0.717) is 13.2 Å². The number of nitrogens with zero attached hydrogens (tertiary/aromatic N) is 1.